The van der Waals surface area contributed by atoms with Gasteiger partial charge in [-0.1, -0.05) is 12.1 Å². The topological polar surface area (TPSA) is 36.4 Å². The average molecular weight is 357 g/mol. The van der Waals surface area contributed by atoms with Gasteiger partial charge in [0, 0.05) is 49.6 Å². The third kappa shape index (κ3) is 2.46. The monoisotopic (exact) mass is 357 g/mol. The molecule has 6 heteroatoms. The maximum Gasteiger partial charge on any atom is 0.233 e. The minimum absolute atomic E-state index is 0.245. The van der Waals surface area contributed by atoms with Crippen LogP contribution in [0.3, 0.4) is 0 Å². The summed E-state index contributed by atoms with van der Waals surface area (Å²) >= 11 is 1.68. The van der Waals surface area contributed by atoms with Crippen molar-refractivity contribution < 1.29 is 9.18 Å². The van der Waals surface area contributed by atoms with Crippen LogP contribution < -0.4 is 4.90 Å². The lowest BCUT2D eigenvalue weighted by Gasteiger charge is -2.26. The highest BCUT2D eigenvalue weighted by Crippen LogP contribution is 2.50. The Morgan fingerprint density at radius 3 is 2.36 bits per heavy atom. The number of fused-ring (bicyclic) bond motifs is 1. The third-order valence-corrected chi connectivity index (χ3v) is 6.85. The van der Waals surface area contributed by atoms with Gasteiger partial charge in [-0.15, -0.1) is 11.3 Å². The Labute approximate surface area is 150 Å². The van der Waals surface area contributed by atoms with Gasteiger partial charge in [-0.05, 0) is 30.5 Å². The zero-order valence-electron chi connectivity index (χ0n) is 13.9. The second-order valence-corrected chi connectivity index (χ2v) is 8.41. The van der Waals surface area contributed by atoms with E-state index in [-0.39, 0.29) is 17.1 Å². The van der Waals surface area contributed by atoms with Crippen molar-refractivity contribution in [3.63, 3.8) is 0 Å². The molecule has 0 N–H and O–H groups in total. The molecule has 3 fully saturated rings. The molecular formula is C19H20FN3OS. The molecular weight excluding hydrogens is 337 g/mol. The Balaban J connectivity index is 1.29. The summed E-state index contributed by atoms with van der Waals surface area (Å²) in [5, 5.41) is 3.11. The maximum absolute atomic E-state index is 13.2. The Kier molecular flexibility index (Phi) is 3.39. The fraction of sp³-hybridized carbons (Fsp3) is 0.474. The Morgan fingerprint density at radius 2 is 1.80 bits per heavy atom. The van der Waals surface area contributed by atoms with Crippen molar-refractivity contribution in [3.8, 4) is 0 Å². The van der Waals surface area contributed by atoms with E-state index in [0.29, 0.717) is 11.8 Å². The van der Waals surface area contributed by atoms with E-state index in [0.717, 1.165) is 49.7 Å². The van der Waals surface area contributed by atoms with Crippen molar-refractivity contribution in [1.82, 2.24) is 9.88 Å². The smallest absolute Gasteiger partial charge is 0.233 e. The normalized spacial score (nSPS) is 26.8. The summed E-state index contributed by atoms with van der Waals surface area (Å²) in [6, 6.07) is 6.49. The summed E-state index contributed by atoms with van der Waals surface area (Å²) in [4.78, 5) is 22.0. The molecule has 2 unspecified atom stereocenters. The molecule has 0 radical (unpaired) electrons. The second-order valence-electron chi connectivity index (χ2n) is 7.54. The molecule has 2 aliphatic heterocycles. The molecule has 5 rings (SSSR count). The molecule has 1 aromatic heterocycles. The van der Waals surface area contributed by atoms with Crippen LogP contribution in [0.25, 0.3) is 0 Å². The zero-order chi connectivity index (χ0) is 17.0. The van der Waals surface area contributed by atoms with Gasteiger partial charge in [-0.25, -0.2) is 9.37 Å². The summed E-state index contributed by atoms with van der Waals surface area (Å²) < 4.78 is 13.2. The summed E-state index contributed by atoms with van der Waals surface area (Å²) in [6.45, 7) is 3.67. The number of benzene rings is 1. The molecule has 25 heavy (non-hydrogen) atoms. The molecule has 0 spiro atoms. The predicted octanol–water partition coefficient (Wildman–Crippen LogP) is 2.91. The number of hydrogen-bond acceptors (Lipinski definition) is 4. The predicted molar refractivity (Wildman–Crippen MR) is 95.2 cm³/mol. The number of thiazole rings is 1. The van der Waals surface area contributed by atoms with Crippen LogP contribution >= 0.6 is 11.3 Å². The van der Waals surface area contributed by atoms with Gasteiger partial charge < -0.3 is 9.80 Å². The minimum atomic E-state index is -0.388. The SMILES string of the molecule is O=C(N1CC2CN(c3nccs3)CC2C1)C1(c2ccc(F)cc2)CC1. The van der Waals surface area contributed by atoms with E-state index in [1.54, 1.807) is 23.5 Å². The lowest BCUT2D eigenvalue weighted by molar-refractivity contribution is -0.133. The van der Waals surface area contributed by atoms with Crippen molar-refractivity contribution >= 4 is 22.4 Å². The van der Waals surface area contributed by atoms with Gasteiger partial charge in [0.05, 0.1) is 5.41 Å². The first-order valence-corrected chi connectivity index (χ1v) is 9.73. The number of likely N-dealkylation sites (tertiary alicyclic amines) is 1. The van der Waals surface area contributed by atoms with Crippen LogP contribution in [0.5, 0.6) is 0 Å². The van der Waals surface area contributed by atoms with Crippen LogP contribution in [0.4, 0.5) is 9.52 Å². The van der Waals surface area contributed by atoms with Gasteiger partial charge in [0.25, 0.3) is 0 Å². The summed E-state index contributed by atoms with van der Waals surface area (Å²) in [6.07, 6.45) is 3.62. The number of hydrogen-bond donors (Lipinski definition) is 0. The highest BCUT2D eigenvalue weighted by molar-refractivity contribution is 7.13. The van der Waals surface area contributed by atoms with Crippen molar-refractivity contribution in [2.75, 3.05) is 31.1 Å². The summed E-state index contributed by atoms with van der Waals surface area (Å²) in [5.74, 6) is 1.08. The number of anilines is 1. The number of carbonyl (C=O) groups is 1. The fourth-order valence-corrected chi connectivity index (χ4v) is 5.17. The average Bonchev–Trinajstić information content (AvgIpc) is 2.97. The van der Waals surface area contributed by atoms with Crippen molar-refractivity contribution in [2.45, 2.75) is 18.3 Å². The third-order valence-electron chi connectivity index (χ3n) is 6.02. The van der Waals surface area contributed by atoms with Crippen LogP contribution in [0.2, 0.25) is 0 Å². The summed E-state index contributed by atoms with van der Waals surface area (Å²) in [5.41, 5.74) is 0.585. The Hall–Kier alpha value is -1.95. The van der Waals surface area contributed by atoms with Gasteiger partial charge in [0.1, 0.15) is 5.82 Å². The van der Waals surface area contributed by atoms with Gasteiger partial charge in [0.15, 0.2) is 5.13 Å². The molecule has 0 bridgehead atoms. The van der Waals surface area contributed by atoms with Crippen molar-refractivity contribution in [3.05, 3.63) is 47.2 Å². The lowest BCUT2D eigenvalue weighted by Crippen LogP contribution is -2.39. The highest BCUT2D eigenvalue weighted by atomic mass is 32.1. The van der Waals surface area contributed by atoms with E-state index in [1.165, 1.54) is 12.1 Å². The number of aromatic nitrogens is 1. The molecule has 1 amide bonds. The zero-order valence-corrected chi connectivity index (χ0v) is 14.7. The molecule has 4 nitrogen and oxygen atoms in total. The minimum Gasteiger partial charge on any atom is -0.347 e. The van der Waals surface area contributed by atoms with E-state index in [4.69, 9.17) is 0 Å². The quantitative estimate of drug-likeness (QED) is 0.847. The van der Waals surface area contributed by atoms with Gasteiger partial charge in [-0.2, -0.15) is 0 Å². The van der Waals surface area contributed by atoms with E-state index in [9.17, 15) is 9.18 Å². The van der Waals surface area contributed by atoms with Crippen LogP contribution in [0.1, 0.15) is 18.4 Å². The molecule has 3 aliphatic rings. The molecule has 130 valence electrons. The van der Waals surface area contributed by atoms with E-state index in [1.807, 2.05) is 11.6 Å². The number of carbonyl (C=O) groups excluding carboxylic acids is 1. The molecule has 1 saturated carbocycles. The van der Waals surface area contributed by atoms with Gasteiger partial charge >= 0.3 is 0 Å². The molecule has 3 heterocycles. The first-order valence-electron chi connectivity index (χ1n) is 8.85. The van der Waals surface area contributed by atoms with Crippen molar-refractivity contribution in [1.29, 1.82) is 0 Å². The van der Waals surface area contributed by atoms with Gasteiger partial charge in [-0.3, -0.25) is 4.79 Å². The number of halogens is 1. The molecule has 2 aromatic rings. The van der Waals surface area contributed by atoms with Crippen LogP contribution in [0.15, 0.2) is 35.8 Å². The number of nitrogens with zero attached hydrogens (tertiary/aromatic N) is 3. The van der Waals surface area contributed by atoms with Gasteiger partial charge in [0.2, 0.25) is 5.91 Å². The molecule has 1 aromatic carbocycles. The fourth-order valence-electron chi connectivity index (χ4n) is 4.51. The maximum atomic E-state index is 13.2. The number of amides is 1. The number of rotatable bonds is 3. The Morgan fingerprint density at radius 1 is 1.12 bits per heavy atom. The standard InChI is InChI=1S/C19H20FN3OS/c20-16-3-1-15(2-4-16)19(5-6-19)17(24)22-9-13-11-23(12-14(13)10-22)18-21-7-8-25-18/h1-4,7-8,13-14H,5-6,9-12H2. The van der Waals surface area contributed by atoms with Crippen LogP contribution in [-0.2, 0) is 10.2 Å². The first kappa shape index (κ1) is 15.3. The van der Waals surface area contributed by atoms with E-state index >= 15 is 0 Å². The van der Waals surface area contributed by atoms with E-state index < -0.39 is 0 Å². The highest BCUT2D eigenvalue weighted by Gasteiger charge is 2.55. The van der Waals surface area contributed by atoms with E-state index in [2.05, 4.69) is 14.8 Å². The largest absolute Gasteiger partial charge is 0.347 e. The first-order chi connectivity index (χ1) is 12.2. The lowest BCUT2D eigenvalue weighted by atomic mass is 9.94. The van der Waals surface area contributed by atoms with Crippen molar-refractivity contribution in [2.24, 2.45) is 11.8 Å². The molecule has 2 saturated heterocycles. The van der Waals surface area contributed by atoms with Crippen LogP contribution in [0, 0.1) is 17.7 Å². The molecule has 2 atom stereocenters. The second kappa shape index (κ2) is 5.53. The van der Waals surface area contributed by atoms with Crippen LogP contribution in [-0.4, -0.2) is 42.0 Å². The Bertz CT molecular complexity index is 774. The summed E-state index contributed by atoms with van der Waals surface area (Å²) in [7, 11) is 0. The molecule has 1 aliphatic carbocycles.